The summed E-state index contributed by atoms with van der Waals surface area (Å²) in [5, 5.41) is 94.6. The molecular formula is C86H153N7O43S7. The second-order valence-corrected chi connectivity index (χ2v) is 30.3. The average Bonchev–Trinajstić information content (AvgIpc) is 0.916. The first-order valence-electron chi connectivity index (χ1n) is 43.6. The summed E-state index contributed by atoms with van der Waals surface area (Å²) in [5.41, 5.74) is 6.75. The van der Waals surface area contributed by atoms with Gasteiger partial charge in [-0.25, -0.2) is 57.5 Å². The van der Waals surface area contributed by atoms with Crippen molar-refractivity contribution in [2.75, 3.05) is 156 Å². The lowest BCUT2D eigenvalue weighted by molar-refractivity contribution is -0.166. The van der Waals surface area contributed by atoms with Crippen LogP contribution in [0.2, 0.25) is 0 Å². The van der Waals surface area contributed by atoms with E-state index in [0.717, 1.165) is 43.0 Å². The SMILES string of the molecule is C=C.C=CC(=O)O.C=CC(=O)O.CC(=O)NC(S)C(=O)OC(C)C(=O)OCCCO.CC(OC(=O)CCCN)C(=O)OCCCO.CC(OC(=O)NS)C(=O)OCCCO.CC(OC(=S)NS)C(=O)OCCCO.CNCCCC(=O)OC(C)C(=O)OCCCO.CSC=NC=C(C=O)OC(C)C(=O)OCCCO.CSCCCC(=N)OC(C)C(=O)OCCCO.CSCCCC(=O)OC(C)C(=O)OCCCO. The summed E-state index contributed by atoms with van der Waals surface area (Å²) in [6.07, 6.45) is 8.28. The largest absolute Gasteiger partial charge is 0.478 e. The minimum Gasteiger partial charge on any atom is -0.478 e. The maximum atomic E-state index is 11.4. The van der Waals surface area contributed by atoms with Gasteiger partial charge in [0, 0.05) is 149 Å². The predicted octanol–water partition coefficient (Wildman–Crippen LogP) is 3.06. The number of aliphatic carboxylic acids is 2. The van der Waals surface area contributed by atoms with Crippen molar-refractivity contribution < 1.29 is 208 Å². The number of nitrogens with one attached hydrogen (secondary N) is 5. The first-order chi connectivity index (χ1) is 67.7. The minimum absolute atomic E-state index is 0.00692. The third-order valence-electron chi connectivity index (χ3n) is 13.9. The number of carbonyl (C=O) groups excluding carboxylic acids is 15. The number of hydrogen-bond donors (Lipinski definition) is 19. The fraction of sp³-hybridized carbons (Fsp3) is 0.674. The molecule has 2 amide bonds. The molecule has 57 heteroatoms. The first kappa shape index (κ1) is 156. The number of esters is 12. The van der Waals surface area contributed by atoms with Gasteiger partial charge in [0.15, 0.2) is 72.1 Å². The molecule has 0 aliphatic rings. The van der Waals surface area contributed by atoms with Crippen LogP contribution in [-0.4, -0.2) is 380 Å². The zero-order chi connectivity index (χ0) is 112. The van der Waals surface area contributed by atoms with Gasteiger partial charge in [-0.05, 0) is 144 Å². The molecule has 0 aromatic heterocycles. The molecule has 143 heavy (non-hydrogen) atoms. The number of aliphatic imine (C=N–C) groups is 1. The number of carbonyl (C=O) groups is 17. The number of aldehydes is 1. The molecule has 9 unspecified atom stereocenters. The van der Waals surface area contributed by atoms with E-state index in [2.05, 4.69) is 107 Å². The summed E-state index contributed by atoms with van der Waals surface area (Å²) in [6, 6.07) is 0. The molecule has 0 bridgehead atoms. The molecule has 0 aromatic carbocycles. The van der Waals surface area contributed by atoms with Crippen molar-refractivity contribution in [2.24, 2.45) is 10.7 Å². The summed E-state index contributed by atoms with van der Waals surface area (Å²) >= 11 is 20.3. The van der Waals surface area contributed by atoms with E-state index in [1.165, 1.54) is 78.9 Å². The Morgan fingerprint density at radius 3 is 0.951 bits per heavy atom. The molecule has 50 nitrogen and oxygen atoms in total. The maximum Gasteiger partial charge on any atom is 0.417 e. The Bertz CT molecular complexity index is 3300. The van der Waals surface area contributed by atoms with E-state index < -0.39 is 144 Å². The molecule has 0 spiro atoms. The van der Waals surface area contributed by atoms with E-state index in [1.54, 1.807) is 37.5 Å². The van der Waals surface area contributed by atoms with Gasteiger partial charge in [0.05, 0.1) is 64.6 Å². The molecule has 0 heterocycles. The molecule has 0 aliphatic carbocycles. The van der Waals surface area contributed by atoms with Crippen molar-refractivity contribution in [3.05, 3.63) is 50.4 Å². The van der Waals surface area contributed by atoms with Crippen LogP contribution >= 0.6 is 85.8 Å². The number of aliphatic hydroxyl groups excluding tert-OH is 8. The topological polar surface area (TPSA) is 751 Å². The van der Waals surface area contributed by atoms with Gasteiger partial charge in [-0.3, -0.25) is 43.8 Å². The lowest BCUT2D eigenvalue weighted by atomic mass is 10.3. The molecule has 17 N–H and O–H groups in total. The summed E-state index contributed by atoms with van der Waals surface area (Å²) in [4.78, 5) is 189. The number of carboxylic acid groups (broad SMARTS) is 2. The number of nitrogens with two attached hydrogens (primary N) is 1. The van der Waals surface area contributed by atoms with Crippen LogP contribution in [0.15, 0.2) is 55.4 Å². The molecule has 0 radical (unpaired) electrons. The van der Waals surface area contributed by atoms with E-state index in [1.807, 2.05) is 23.5 Å². The second-order valence-electron chi connectivity index (χ2n) is 26.3. The molecular weight excluding hydrogens is 2040 g/mol. The maximum absolute atomic E-state index is 11.4. The highest BCUT2D eigenvalue weighted by Gasteiger charge is 2.27. The Morgan fingerprint density at radius 2 is 0.692 bits per heavy atom. The van der Waals surface area contributed by atoms with Crippen LogP contribution < -0.4 is 25.8 Å². The van der Waals surface area contributed by atoms with Gasteiger partial charge < -0.3 is 143 Å². The molecule has 0 fully saturated rings. The lowest BCUT2D eigenvalue weighted by Gasteiger charge is -2.15. The Balaban J connectivity index is -0.000000152. The Morgan fingerprint density at radius 1 is 0.420 bits per heavy atom. The van der Waals surface area contributed by atoms with Gasteiger partial charge in [-0.2, -0.15) is 23.5 Å². The fourth-order valence-corrected chi connectivity index (χ4v) is 8.52. The summed E-state index contributed by atoms with van der Waals surface area (Å²) in [6.45, 7) is 26.6. The molecule has 0 rings (SSSR count). The minimum atomic E-state index is -1.13. The highest BCUT2D eigenvalue weighted by atomic mass is 32.2. The number of hydrogen-bond acceptors (Lipinski definition) is 52. The number of aliphatic hydroxyl groups is 8. The van der Waals surface area contributed by atoms with E-state index in [-0.39, 0.29) is 141 Å². The van der Waals surface area contributed by atoms with Crippen molar-refractivity contribution in [1.29, 1.82) is 5.41 Å². The van der Waals surface area contributed by atoms with Crippen LogP contribution in [0, 0.1) is 5.41 Å². The first-order valence-corrected chi connectivity index (χ1v) is 49.5. The van der Waals surface area contributed by atoms with Crippen LogP contribution in [0.3, 0.4) is 0 Å². The van der Waals surface area contributed by atoms with Gasteiger partial charge in [0.2, 0.25) is 5.91 Å². The van der Waals surface area contributed by atoms with E-state index in [4.69, 9.17) is 129 Å². The number of rotatable bonds is 63. The monoisotopic (exact) mass is 2200 g/mol. The fourth-order valence-electron chi connectivity index (χ4n) is 6.98. The number of carboxylic acids is 2. The van der Waals surface area contributed by atoms with E-state index in [0.29, 0.717) is 89.9 Å². The van der Waals surface area contributed by atoms with E-state index in [9.17, 15) is 81.5 Å². The normalized spacial score (nSPS) is 11.7. The Kier molecular flexibility index (Phi) is 128. The zero-order valence-electron chi connectivity index (χ0n) is 83.3. The van der Waals surface area contributed by atoms with Crippen LogP contribution in [0.4, 0.5) is 4.79 Å². The van der Waals surface area contributed by atoms with Crippen molar-refractivity contribution in [2.45, 2.75) is 219 Å². The van der Waals surface area contributed by atoms with Crippen molar-refractivity contribution in [1.82, 2.24) is 20.1 Å². The molecule has 9 atom stereocenters. The summed E-state index contributed by atoms with van der Waals surface area (Å²) in [5.74, 6) is -7.32. The molecule has 0 saturated heterocycles. The highest BCUT2D eigenvalue weighted by Crippen LogP contribution is 2.10. The van der Waals surface area contributed by atoms with Crippen LogP contribution in [-0.2, 0) is 153 Å². The molecule has 0 aliphatic heterocycles. The van der Waals surface area contributed by atoms with Crippen LogP contribution in [0.25, 0.3) is 0 Å². The van der Waals surface area contributed by atoms with Crippen LogP contribution in [0.5, 0.6) is 0 Å². The van der Waals surface area contributed by atoms with Gasteiger partial charge in [-0.1, -0.05) is 38.8 Å². The van der Waals surface area contributed by atoms with Crippen molar-refractivity contribution in [3.63, 3.8) is 0 Å². The second kappa shape index (κ2) is 118. The smallest absolute Gasteiger partial charge is 0.417 e. The quantitative estimate of drug-likeness (QED) is 0.00338. The number of thioether (sulfide) groups is 3. The van der Waals surface area contributed by atoms with Crippen molar-refractivity contribution >= 4 is 204 Å². The lowest BCUT2D eigenvalue weighted by Crippen LogP contribution is -2.39. The Labute approximate surface area is 869 Å². The third-order valence-corrected chi connectivity index (χ3v) is 16.7. The standard InChI is InChI=1S/C11H17NO5S.C11H21NO5.C11H21NO4S.C11H20O5S.C10H17NO6S.C10H19NO5.C7H13NO5S.C7H13NO4S2.2C3H4O2.C2H4/c1-9(11(15)16-5-3-4-13)17-10(7-14)6-12-8-18-2;1-9(11(15)16-8-4-7-13)17-10(14)5-3-6-12-2;1-9(11(14)15-7-4-6-13)16-10(12)5-3-8-17-2;1-9(11(14)15-7-4-6-12)16-10(13)5-3-8-17-2;1-6(9(14)16-5-3-4-12)17-10(15)8(18)11-7(2)13;1-8(10(14)15-7-3-6-12)16-9(13)4-2-5-11;1-5(13-7(11)8-14)6(10)12-4-2-3-9;1-5(12-7(13)8-14)6(10)11-4-2-3-9;2*1-2-3(4)5;1-2/h6-9,13H,3-5H2,1-2H3;2*9,12-13H,3-8H2,1-2H3;9,12H,3-8H2,1-2H3;6,8,12,18H,3-5H2,1-2H3,(H,11,13);8,12H,2-7,11H2,1H3;5,9,14H,2-4H2,1H3,(H,8,11);5,9,14H,2-4H2,1H3,(H,8,13);2*2H,1H2,(H,4,5);1-2H2. The highest BCUT2D eigenvalue weighted by molar-refractivity contribution is 8.11. The third kappa shape index (κ3) is 121. The van der Waals surface area contributed by atoms with Crippen molar-refractivity contribution in [3.8, 4) is 0 Å². The average molecular weight is 2200 g/mol. The number of nitrogens with zero attached hydrogens (tertiary/aromatic N) is 1. The summed E-state index contributed by atoms with van der Waals surface area (Å²) in [7, 11) is 1.80. The van der Waals surface area contributed by atoms with Gasteiger partial charge in [0.25, 0.3) is 5.17 Å². The van der Waals surface area contributed by atoms with Crippen LogP contribution in [0.1, 0.15) is 165 Å². The zero-order valence-corrected chi connectivity index (χ0v) is 89.3. The molecule has 0 saturated carbocycles. The number of allylic oxidation sites excluding steroid dienone is 1. The van der Waals surface area contributed by atoms with E-state index >= 15 is 0 Å². The summed E-state index contributed by atoms with van der Waals surface area (Å²) < 4.78 is 81.2. The van der Waals surface area contributed by atoms with Gasteiger partial charge >= 0.3 is 89.7 Å². The Hall–Kier alpha value is -9.72. The number of amides is 2. The predicted molar refractivity (Wildman–Crippen MR) is 542 cm³/mol. The number of thiocarbonyl (C=S) groups is 1. The molecule has 0 aromatic rings. The van der Waals surface area contributed by atoms with Gasteiger partial charge in [-0.15, -0.1) is 37.5 Å². The number of thiol groups is 3. The van der Waals surface area contributed by atoms with Gasteiger partial charge in [0.1, 0.15) is 0 Å². The molecule has 832 valence electrons. The number of ether oxygens (including phenoxy) is 16.